The van der Waals surface area contributed by atoms with E-state index in [0.717, 1.165) is 0 Å². The quantitative estimate of drug-likeness (QED) is 0.122. The van der Waals surface area contributed by atoms with Crippen LogP contribution in [0.3, 0.4) is 0 Å². The van der Waals surface area contributed by atoms with Crippen LogP contribution in [-0.2, 0) is 28.6 Å². The Morgan fingerprint density at radius 3 is 0.598 bits per heavy atom. The van der Waals surface area contributed by atoms with Crippen molar-refractivity contribution >= 4 is 17.3 Å². The van der Waals surface area contributed by atoms with Crippen molar-refractivity contribution in [2.24, 2.45) is 5.41 Å². The van der Waals surface area contributed by atoms with Crippen molar-refractivity contribution in [3.05, 3.63) is 0 Å². The van der Waals surface area contributed by atoms with Gasteiger partial charge in [-0.05, 0) is 6.42 Å². The lowest BCUT2D eigenvalue weighted by molar-refractivity contribution is -0.556. The molecule has 12 aliphatic carbocycles. The zero-order valence-electron chi connectivity index (χ0n) is 44.1. The third kappa shape index (κ3) is 5.42. The minimum atomic E-state index is -9.10. The van der Waals surface area contributed by atoms with Crippen LogP contribution in [0.15, 0.2) is 0 Å². The summed E-state index contributed by atoms with van der Waals surface area (Å²) in [5.74, 6) is -123. The van der Waals surface area contributed by atoms with Gasteiger partial charge in [0, 0.05) is 0 Å². The predicted octanol–water partition coefficient (Wildman–Crippen LogP) is 10.8. The summed E-state index contributed by atoms with van der Waals surface area (Å²) in [5, 5.41) is 33.4. The van der Waals surface area contributed by atoms with Crippen LogP contribution in [0.2, 0.25) is 0 Å². The van der Waals surface area contributed by atoms with Gasteiger partial charge in [0.25, 0.3) is 51.0 Å². The Morgan fingerprint density at radius 2 is 0.433 bits per heavy atom. The highest BCUT2D eigenvalue weighted by molar-refractivity contribution is 6.06. The zero-order chi connectivity index (χ0) is 76.6. The van der Waals surface area contributed by atoms with Gasteiger partial charge in [0.1, 0.15) is 0 Å². The second-order valence-corrected chi connectivity index (χ2v) is 23.7. The average molecular weight is 1530 g/mol. The van der Waals surface area contributed by atoms with E-state index in [4.69, 9.17) is 0 Å². The van der Waals surface area contributed by atoms with E-state index in [-0.39, 0.29) is 6.92 Å². The maximum atomic E-state index is 16.8. The van der Waals surface area contributed by atoms with Crippen molar-refractivity contribution in [2.75, 3.05) is 19.8 Å². The highest BCUT2D eigenvalue weighted by Crippen LogP contribution is 2.91. The number of hydrogen-bond acceptors (Lipinski definition) is 9. The monoisotopic (exact) mass is 1530 g/mol. The number of carbonyl (C=O) groups excluding carboxylic acids is 3. The number of Topliss-reactive ketones (excluding diaryl/α,β-unsaturated/α-hetero) is 3. The molecule has 0 aromatic rings. The summed E-state index contributed by atoms with van der Waals surface area (Å²) in [7, 11) is 0. The van der Waals surface area contributed by atoms with Crippen LogP contribution in [-0.4, -0.2) is 245 Å². The Labute approximate surface area is 497 Å². The van der Waals surface area contributed by atoms with E-state index in [1.165, 1.54) is 0 Å². The summed E-state index contributed by atoms with van der Waals surface area (Å²) >= 11 is 0. The summed E-state index contributed by atoms with van der Waals surface area (Å²) in [5.41, 5.74) is -137. The molecule has 3 N–H and O–H groups in total. The first-order valence-electron chi connectivity index (χ1n) is 24.8. The molecule has 0 saturated heterocycles. The van der Waals surface area contributed by atoms with Gasteiger partial charge >= 0.3 is 123 Å². The van der Waals surface area contributed by atoms with Gasteiger partial charge in [-0.15, -0.1) is 0 Å². The fourth-order valence-corrected chi connectivity index (χ4v) is 15.0. The number of rotatable bonds is 17. The molecule has 12 saturated carbocycles. The van der Waals surface area contributed by atoms with Gasteiger partial charge in [-0.1, -0.05) is 13.3 Å². The molecule has 18 atom stereocenters. The summed E-state index contributed by atoms with van der Waals surface area (Å²) in [6.45, 7) is -13.1. The molecule has 0 radical (unpaired) electrons. The predicted molar refractivity (Wildman–Crippen MR) is 200 cm³/mol. The number of carbonyl (C=O) groups is 3. The van der Waals surface area contributed by atoms with E-state index in [0.29, 0.717) is 0 Å². The molecule has 54 heteroatoms. The molecule has 9 nitrogen and oxygen atoms in total. The molecule has 12 bridgehead atoms. The van der Waals surface area contributed by atoms with Crippen molar-refractivity contribution in [3.63, 3.8) is 0 Å². The van der Waals surface area contributed by atoms with Gasteiger partial charge in [-0.25, -0.2) is 65.9 Å². The van der Waals surface area contributed by atoms with E-state index < -0.39 is 248 Å². The lowest BCUT2D eigenvalue weighted by Gasteiger charge is -2.72. The topological polar surface area (TPSA) is 140 Å². The first-order valence-corrected chi connectivity index (χ1v) is 24.8. The number of hydrogen-bond donors (Lipinski definition) is 3. The molecule has 0 heterocycles. The Balaban J connectivity index is 1.21. The van der Waals surface area contributed by atoms with Gasteiger partial charge in [0.15, 0.2) is 0 Å². The Kier molecular flexibility index (Phi) is 13.8. The van der Waals surface area contributed by atoms with Gasteiger partial charge < -0.3 is 29.5 Å². The van der Waals surface area contributed by atoms with Crippen LogP contribution in [0.4, 0.5) is 198 Å². The van der Waals surface area contributed by atoms with E-state index in [1.54, 1.807) is 0 Å². The third-order valence-corrected chi connectivity index (χ3v) is 20.1. The van der Waals surface area contributed by atoms with E-state index >= 15 is 171 Å². The van der Waals surface area contributed by atoms with Crippen LogP contribution in [0, 0.1) is 5.41 Å². The standard InChI is InChI=1S/C43H19F45O9/c1-2-3-13(7(89)4-95-41(83,84)20(50)14(44)10(92)17(47)32(65,66)23(20,53)38(77,78)26(56,29(14,59)60)35(17,71)72,8(90)5-96-42(85,86)21(51)15(45)11(93)18(48)33(67,68)24(21,54)39(79,80)27(57,30(15,61)62)36(18,73)74)9(91)6-97-43(87,88)22(52)16(46)12(94)19(49)34(69,70)25(22,55)40(81,82)28(58,31(16,63)64)37(19,75)76/h7-9,89-91H,2-6H2,1H3. The molecule has 18 unspecified atom stereocenters. The first-order chi connectivity index (χ1) is 42.2. The van der Waals surface area contributed by atoms with Crippen LogP contribution in [0.1, 0.15) is 19.8 Å². The Bertz CT molecular complexity index is 3150. The largest absolute Gasteiger partial charge is 0.397 e. The molecule has 0 spiro atoms. The van der Waals surface area contributed by atoms with Crippen molar-refractivity contribution in [2.45, 2.75) is 213 Å². The van der Waals surface area contributed by atoms with Crippen molar-refractivity contribution in [1.82, 2.24) is 0 Å². The second-order valence-electron chi connectivity index (χ2n) is 23.7. The van der Waals surface area contributed by atoms with Crippen molar-refractivity contribution in [3.8, 4) is 0 Å². The second kappa shape index (κ2) is 17.5. The number of aliphatic hydroxyl groups is 3. The average Bonchev–Trinajstić information content (AvgIpc) is 0.607. The molecule has 0 aromatic heterocycles. The lowest BCUT2D eigenvalue weighted by Crippen LogP contribution is -3.08. The fourth-order valence-electron chi connectivity index (χ4n) is 15.0. The number of ketones is 3. The highest BCUT2D eigenvalue weighted by Gasteiger charge is 3.25. The SMILES string of the molecule is CCCC(C(O)COC(F)(F)C1(F)C2(F)C(=O)C3(F)C(F)(F)C(F)(C2(F)F)C(F)(F)C1(F)C3(F)F)(C(O)COC(F)(F)C1(F)C2(F)C(=O)C3(F)C(F)(F)C(F)(C2(F)F)C(F)(F)C1(F)C3(F)F)C(O)COC(F)(F)C1(F)C2(F)C(=O)C3(F)C(F)(F)C(F)(C2(F)F)C(F)(F)C1(F)C3(F)F. The van der Waals surface area contributed by atoms with Crippen molar-refractivity contribution < 1.29 is 241 Å². The molecular weight excluding hydrogens is 1520 g/mol. The number of halogens is 45. The zero-order valence-corrected chi connectivity index (χ0v) is 44.1. The fraction of sp³-hybridized carbons (Fsp3) is 0.930. The smallest absolute Gasteiger partial charge is 0.390 e. The minimum absolute atomic E-state index is 0.0323. The molecule has 97 heavy (non-hydrogen) atoms. The first kappa shape index (κ1) is 76.8. The van der Waals surface area contributed by atoms with Gasteiger partial charge in [-0.3, -0.25) is 14.4 Å². The molecule has 12 rings (SSSR count). The van der Waals surface area contributed by atoms with Crippen LogP contribution in [0.5, 0.6) is 0 Å². The maximum Gasteiger partial charge on any atom is 0.397 e. The number of ether oxygens (including phenoxy) is 3. The molecule has 12 fully saturated rings. The van der Waals surface area contributed by atoms with Crippen LogP contribution in [0.25, 0.3) is 0 Å². The van der Waals surface area contributed by atoms with Gasteiger partial charge in [0.05, 0.1) is 43.5 Å². The van der Waals surface area contributed by atoms with E-state index in [2.05, 4.69) is 14.2 Å². The molecule has 12 aliphatic rings. The Hall–Kier alpha value is -4.38. The lowest BCUT2D eigenvalue weighted by atomic mass is 9.38. The van der Waals surface area contributed by atoms with Gasteiger partial charge in [0.2, 0.25) is 17.3 Å². The Morgan fingerprint density at radius 1 is 0.278 bits per heavy atom. The van der Waals surface area contributed by atoms with E-state index in [1.807, 2.05) is 0 Å². The number of alkyl halides is 45. The maximum absolute atomic E-state index is 16.8. The molecule has 0 aliphatic heterocycles. The summed E-state index contributed by atoms with van der Waals surface area (Å²) in [4.78, 5) is 37.6. The molecule has 560 valence electrons. The molecule has 0 amide bonds. The summed E-state index contributed by atoms with van der Waals surface area (Å²) in [6.07, 6.45) is -47.0. The normalized spacial score (nSPS) is 49.4. The van der Waals surface area contributed by atoms with Crippen LogP contribution >= 0.6 is 0 Å². The van der Waals surface area contributed by atoms with Crippen molar-refractivity contribution in [1.29, 1.82) is 0 Å². The third-order valence-electron chi connectivity index (χ3n) is 20.1. The van der Waals surface area contributed by atoms with E-state index in [9.17, 15) is 56.0 Å². The number of aliphatic hydroxyl groups excluding tert-OH is 3. The summed E-state index contributed by atoms with van der Waals surface area (Å²) < 4.78 is 715. The molecule has 0 aromatic carbocycles. The minimum Gasteiger partial charge on any atom is -0.390 e. The summed E-state index contributed by atoms with van der Waals surface area (Å²) in [6, 6.07) is 0. The highest BCUT2D eigenvalue weighted by atomic mass is 19.4. The molecular formula is C43H19F45O9. The van der Waals surface area contributed by atoms with Crippen LogP contribution < -0.4 is 0 Å². The van der Waals surface area contributed by atoms with Gasteiger partial charge in [-0.2, -0.15) is 132 Å².